The van der Waals surface area contributed by atoms with Crippen molar-refractivity contribution in [2.75, 3.05) is 25.6 Å². The molecule has 0 aliphatic carbocycles. The van der Waals surface area contributed by atoms with Crippen LogP contribution in [0.3, 0.4) is 0 Å². The number of carbonyl (C=O) groups excluding carboxylic acids is 2. The van der Waals surface area contributed by atoms with E-state index in [0.717, 1.165) is 11.1 Å². The molecule has 0 atom stereocenters. The van der Waals surface area contributed by atoms with Crippen LogP contribution >= 0.6 is 22.9 Å². The first kappa shape index (κ1) is 24.4. The van der Waals surface area contributed by atoms with Crippen LogP contribution in [0.25, 0.3) is 17.2 Å². The van der Waals surface area contributed by atoms with Gasteiger partial charge in [-0.05, 0) is 55.3 Å². The topological polar surface area (TPSA) is 73.9 Å². The quantitative estimate of drug-likeness (QED) is 0.284. The molecule has 2 aromatic carbocycles. The molecule has 0 saturated heterocycles. The second-order valence-electron chi connectivity index (χ2n) is 6.75. The van der Waals surface area contributed by atoms with Crippen molar-refractivity contribution in [3.63, 3.8) is 0 Å². The number of hydrogen-bond donors (Lipinski definition) is 1. The first-order chi connectivity index (χ1) is 16.0. The number of methoxy groups -OCH3 is 1. The number of anilines is 1. The van der Waals surface area contributed by atoms with E-state index in [4.69, 9.17) is 25.8 Å². The second-order valence-corrected chi connectivity index (χ2v) is 8.06. The molecular formula is C25H24ClNO5S. The third-order valence-corrected chi connectivity index (χ3v) is 5.72. The molecule has 6 nitrogen and oxygen atoms in total. The van der Waals surface area contributed by atoms with Crippen molar-refractivity contribution in [3.05, 3.63) is 70.1 Å². The second kappa shape index (κ2) is 11.5. The minimum atomic E-state index is -0.501. The number of benzene rings is 2. The fourth-order valence-electron chi connectivity index (χ4n) is 3.09. The molecule has 172 valence electrons. The number of hydrogen-bond acceptors (Lipinski definition) is 6. The highest BCUT2D eigenvalue weighted by atomic mass is 35.5. The van der Waals surface area contributed by atoms with Crippen molar-refractivity contribution < 1.29 is 23.8 Å². The molecule has 1 amide bonds. The van der Waals surface area contributed by atoms with Crippen LogP contribution in [0.5, 0.6) is 11.5 Å². The Morgan fingerprint density at radius 2 is 1.82 bits per heavy atom. The van der Waals surface area contributed by atoms with E-state index in [1.807, 2.05) is 30.5 Å². The molecule has 33 heavy (non-hydrogen) atoms. The predicted octanol–water partition coefficient (Wildman–Crippen LogP) is 6.30. The van der Waals surface area contributed by atoms with Gasteiger partial charge in [-0.1, -0.05) is 29.8 Å². The van der Waals surface area contributed by atoms with E-state index >= 15 is 0 Å². The minimum Gasteiger partial charge on any atom is -0.493 e. The van der Waals surface area contributed by atoms with Gasteiger partial charge in [-0.2, -0.15) is 0 Å². The SMILES string of the molecule is CCOC(=O)c1c(-c2ccc(Cl)cc2)csc1NC(=O)C=Cc1ccc(OCC)c(OC)c1. The molecule has 1 aromatic heterocycles. The van der Waals surface area contributed by atoms with Crippen LogP contribution in [0.1, 0.15) is 29.8 Å². The van der Waals surface area contributed by atoms with Crippen molar-refractivity contribution in [1.29, 1.82) is 0 Å². The summed E-state index contributed by atoms with van der Waals surface area (Å²) in [4.78, 5) is 25.3. The van der Waals surface area contributed by atoms with Crippen LogP contribution in [0.4, 0.5) is 5.00 Å². The summed E-state index contributed by atoms with van der Waals surface area (Å²) in [6.07, 6.45) is 3.05. The summed E-state index contributed by atoms with van der Waals surface area (Å²) in [6, 6.07) is 12.5. The fourth-order valence-corrected chi connectivity index (χ4v) is 4.17. The lowest BCUT2D eigenvalue weighted by Crippen LogP contribution is -2.12. The highest BCUT2D eigenvalue weighted by Gasteiger charge is 2.22. The van der Waals surface area contributed by atoms with Crippen LogP contribution in [0.2, 0.25) is 5.02 Å². The summed E-state index contributed by atoms with van der Waals surface area (Å²) in [5, 5.41) is 5.61. The zero-order valence-corrected chi connectivity index (χ0v) is 20.1. The molecule has 0 saturated carbocycles. The lowest BCUT2D eigenvalue weighted by atomic mass is 10.0. The van der Waals surface area contributed by atoms with Gasteiger partial charge in [0.2, 0.25) is 5.91 Å². The van der Waals surface area contributed by atoms with Crippen molar-refractivity contribution in [1.82, 2.24) is 0 Å². The van der Waals surface area contributed by atoms with Crippen LogP contribution in [-0.4, -0.2) is 32.2 Å². The highest BCUT2D eigenvalue weighted by Crippen LogP contribution is 2.36. The number of carbonyl (C=O) groups is 2. The van der Waals surface area contributed by atoms with E-state index in [9.17, 15) is 9.59 Å². The van der Waals surface area contributed by atoms with E-state index in [1.54, 1.807) is 44.4 Å². The maximum atomic E-state index is 12.7. The maximum Gasteiger partial charge on any atom is 0.341 e. The maximum absolute atomic E-state index is 12.7. The van der Waals surface area contributed by atoms with E-state index in [1.165, 1.54) is 17.4 Å². The largest absolute Gasteiger partial charge is 0.493 e. The van der Waals surface area contributed by atoms with Gasteiger partial charge in [-0.15, -0.1) is 11.3 Å². The van der Waals surface area contributed by atoms with Crippen molar-refractivity contribution in [2.24, 2.45) is 0 Å². The molecule has 8 heteroatoms. The molecule has 0 aliphatic rings. The number of halogens is 1. The Morgan fingerprint density at radius 3 is 2.48 bits per heavy atom. The number of esters is 1. The van der Waals surface area contributed by atoms with Crippen molar-refractivity contribution in [2.45, 2.75) is 13.8 Å². The third-order valence-electron chi connectivity index (χ3n) is 4.58. The molecule has 0 spiro atoms. The third kappa shape index (κ3) is 6.15. The molecule has 0 unspecified atom stereocenters. The molecule has 1 heterocycles. The van der Waals surface area contributed by atoms with Crippen LogP contribution in [0.15, 0.2) is 53.9 Å². The van der Waals surface area contributed by atoms with Gasteiger partial charge in [0.15, 0.2) is 11.5 Å². The van der Waals surface area contributed by atoms with Gasteiger partial charge in [0.05, 0.1) is 20.3 Å². The lowest BCUT2D eigenvalue weighted by molar-refractivity contribution is -0.111. The smallest absolute Gasteiger partial charge is 0.341 e. The van der Waals surface area contributed by atoms with Gasteiger partial charge in [-0.3, -0.25) is 4.79 Å². The van der Waals surface area contributed by atoms with Crippen molar-refractivity contribution >= 4 is 45.9 Å². The van der Waals surface area contributed by atoms with E-state index in [0.29, 0.717) is 39.3 Å². The number of rotatable bonds is 9. The van der Waals surface area contributed by atoms with Crippen LogP contribution in [0, 0.1) is 0 Å². The molecule has 3 aromatic rings. The summed E-state index contributed by atoms with van der Waals surface area (Å²) >= 11 is 7.24. The minimum absolute atomic E-state index is 0.224. The summed E-state index contributed by atoms with van der Waals surface area (Å²) in [6.45, 7) is 4.38. The van der Waals surface area contributed by atoms with Gasteiger partial charge >= 0.3 is 5.97 Å². The van der Waals surface area contributed by atoms with Gasteiger partial charge in [-0.25, -0.2) is 4.79 Å². The zero-order valence-electron chi connectivity index (χ0n) is 18.5. The molecule has 0 aliphatic heterocycles. The fraction of sp³-hybridized carbons (Fsp3) is 0.200. The molecule has 1 N–H and O–H groups in total. The zero-order chi connectivity index (χ0) is 23.8. The van der Waals surface area contributed by atoms with Crippen LogP contribution in [-0.2, 0) is 9.53 Å². The van der Waals surface area contributed by atoms with E-state index in [2.05, 4.69) is 5.32 Å². The summed E-state index contributed by atoms with van der Waals surface area (Å²) in [7, 11) is 1.56. The Balaban J connectivity index is 1.83. The number of nitrogens with one attached hydrogen (secondary N) is 1. The first-order valence-electron chi connectivity index (χ1n) is 10.3. The number of ether oxygens (including phenoxy) is 3. The number of amides is 1. The van der Waals surface area contributed by atoms with Crippen LogP contribution < -0.4 is 14.8 Å². The summed E-state index contributed by atoms with van der Waals surface area (Å²) in [5.74, 6) is 0.334. The van der Waals surface area contributed by atoms with E-state index < -0.39 is 5.97 Å². The normalized spacial score (nSPS) is 10.8. The predicted molar refractivity (Wildman–Crippen MR) is 133 cm³/mol. The Morgan fingerprint density at radius 1 is 1.06 bits per heavy atom. The Bertz CT molecular complexity index is 1150. The van der Waals surface area contributed by atoms with Gasteiger partial charge in [0.25, 0.3) is 0 Å². The van der Waals surface area contributed by atoms with Gasteiger partial charge in [0, 0.05) is 22.0 Å². The average Bonchev–Trinajstić information content (AvgIpc) is 3.22. The van der Waals surface area contributed by atoms with Crippen molar-refractivity contribution in [3.8, 4) is 22.6 Å². The van der Waals surface area contributed by atoms with Gasteiger partial charge in [0.1, 0.15) is 10.6 Å². The first-order valence-corrected chi connectivity index (χ1v) is 11.6. The number of thiophene rings is 1. The van der Waals surface area contributed by atoms with E-state index in [-0.39, 0.29) is 12.5 Å². The lowest BCUT2D eigenvalue weighted by Gasteiger charge is -2.09. The average molecular weight is 486 g/mol. The molecule has 0 radical (unpaired) electrons. The standard InChI is InChI=1S/C25H24ClNO5S/c1-4-31-20-12-6-16(14-21(20)30-3)7-13-22(28)27-24-23(25(29)32-5-2)19(15-33-24)17-8-10-18(26)11-9-17/h6-15H,4-5H2,1-3H3,(H,27,28). The summed E-state index contributed by atoms with van der Waals surface area (Å²) in [5.41, 5.74) is 2.56. The Hall–Kier alpha value is -3.29. The van der Waals surface area contributed by atoms with Gasteiger partial charge < -0.3 is 19.5 Å². The summed E-state index contributed by atoms with van der Waals surface area (Å²) < 4.78 is 16.1. The Kier molecular flexibility index (Phi) is 8.52. The highest BCUT2D eigenvalue weighted by molar-refractivity contribution is 7.15. The molecular weight excluding hydrogens is 462 g/mol. The monoisotopic (exact) mass is 485 g/mol. The molecule has 0 fully saturated rings. The molecule has 0 bridgehead atoms. The Labute approximate surface area is 201 Å². The molecule has 3 rings (SSSR count).